The second-order valence-corrected chi connectivity index (χ2v) is 6.51. The summed E-state index contributed by atoms with van der Waals surface area (Å²) >= 11 is 0. The molecule has 112 valence electrons. The van der Waals surface area contributed by atoms with Gasteiger partial charge >= 0.3 is 5.97 Å². The Morgan fingerprint density at radius 1 is 1.10 bits per heavy atom. The van der Waals surface area contributed by atoms with Gasteiger partial charge in [0.05, 0.1) is 12.5 Å². The number of fused-ring (bicyclic) bond motifs is 1. The molecule has 1 amide bonds. The van der Waals surface area contributed by atoms with Crippen LogP contribution in [-0.4, -0.2) is 36.5 Å². The molecule has 3 aliphatic rings. The van der Waals surface area contributed by atoms with Crippen LogP contribution in [0.4, 0.5) is 0 Å². The van der Waals surface area contributed by atoms with Crippen LogP contribution in [0.25, 0.3) is 0 Å². The SMILES string of the molecule is CCOC(=O)[C@@H]1CCCN(C(=O)C2C3CCCCC32)C1. The van der Waals surface area contributed by atoms with Crippen molar-refractivity contribution in [2.45, 2.75) is 45.4 Å². The van der Waals surface area contributed by atoms with E-state index in [0.29, 0.717) is 30.9 Å². The molecule has 3 atom stereocenters. The van der Waals surface area contributed by atoms with Crippen molar-refractivity contribution in [3.05, 3.63) is 0 Å². The normalized spacial score (nSPS) is 36.1. The van der Waals surface area contributed by atoms with E-state index in [4.69, 9.17) is 4.74 Å². The van der Waals surface area contributed by atoms with Crippen molar-refractivity contribution >= 4 is 11.9 Å². The van der Waals surface area contributed by atoms with Gasteiger partial charge in [0.1, 0.15) is 0 Å². The van der Waals surface area contributed by atoms with Crippen LogP contribution in [0.5, 0.6) is 0 Å². The molecule has 1 heterocycles. The van der Waals surface area contributed by atoms with Gasteiger partial charge in [0.15, 0.2) is 0 Å². The van der Waals surface area contributed by atoms with E-state index in [1.165, 1.54) is 25.7 Å². The van der Waals surface area contributed by atoms with Crippen molar-refractivity contribution in [2.75, 3.05) is 19.7 Å². The fourth-order valence-electron chi connectivity index (χ4n) is 4.20. The van der Waals surface area contributed by atoms with Crippen molar-refractivity contribution in [3.8, 4) is 0 Å². The monoisotopic (exact) mass is 279 g/mol. The summed E-state index contributed by atoms with van der Waals surface area (Å²) in [6, 6.07) is 0. The first-order valence-corrected chi connectivity index (χ1v) is 8.17. The Hall–Kier alpha value is -1.06. The first-order valence-electron chi connectivity index (χ1n) is 8.17. The maximum Gasteiger partial charge on any atom is 0.310 e. The average Bonchev–Trinajstić information content (AvgIpc) is 3.21. The number of amides is 1. The fourth-order valence-corrected chi connectivity index (χ4v) is 4.20. The van der Waals surface area contributed by atoms with Crippen molar-refractivity contribution in [2.24, 2.45) is 23.7 Å². The number of nitrogens with zero attached hydrogens (tertiary/aromatic N) is 1. The highest BCUT2D eigenvalue weighted by atomic mass is 16.5. The van der Waals surface area contributed by atoms with Gasteiger partial charge in [0, 0.05) is 19.0 Å². The molecule has 4 nitrogen and oxygen atoms in total. The molecular weight excluding hydrogens is 254 g/mol. The Kier molecular flexibility index (Phi) is 3.99. The Labute approximate surface area is 120 Å². The van der Waals surface area contributed by atoms with E-state index in [9.17, 15) is 9.59 Å². The number of likely N-dealkylation sites (tertiary alicyclic amines) is 1. The predicted molar refractivity (Wildman–Crippen MR) is 74.9 cm³/mol. The molecule has 2 saturated carbocycles. The second-order valence-electron chi connectivity index (χ2n) is 6.51. The average molecular weight is 279 g/mol. The first kappa shape index (κ1) is 13.9. The van der Waals surface area contributed by atoms with Crippen LogP contribution < -0.4 is 0 Å². The number of esters is 1. The van der Waals surface area contributed by atoms with Crippen molar-refractivity contribution < 1.29 is 14.3 Å². The van der Waals surface area contributed by atoms with Gasteiger partial charge in [-0.25, -0.2) is 0 Å². The lowest BCUT2D eigenvalue weighted by atomic mass is 9.97. The molecule has 0 N–H and O–H groups in total. The van der Waals surface area contributed by atoms with Gasteiger partial charge in [-0.1, -0.05) is 12.8 Å². The smallest absolute Gasteiger partial charge is 0.310 e. The van der Waals surface area contributed by atoms with Crippen molar-refractivity contribution in [3.63, 3.8) is 0 Å². The summed E-state index contributed by atoms with van der Waals surface area (Å²) in [7, 11) is 0. The standard InChI is InChI=1S/C16H25NO3/c1-2-20-16(19)11-6-5-9-17(10-11)15(18)14-12-7-3-4-8-13(12)14/h11-14H,2-10H2,1H3/t11-,12?,13?,14?/m1/s1. The third-order valence-electron chi connectivity index (χ3n) is 5.29. The minimum Gasteiger partial charge on any atom is -0.466 e. The van der Waals surface area contributed by atoms with Crippen LogP contribution in [0, 0.1) is 23.7 Å². The van der Waals surface area contributed by atoms with E-state index < -0.39 is 0 Å². The summed E-state index contributed by atoms with van der Waals surface area (Å²) in [6.07, 6.45) is 6.83. The largest absolute Gasteiger partial charge is 0.466 e. The highest BCUT2D eigenvalue weighted by molar-refractivity contribution is 5.83. The zero-order valence-electron chi connectivity index (χ0n) is 12.3. The number of ether oxygens (including phenoxy) is 1. The summed E-state index contributed by atoms with van der Waals surface area (Å²) in [5.41, 5.74) is 0. The summed E-state index contributed by atoms with van der Waals surface area (Å²) in [5.74, 6) is 1.67. The summed E-state index contributed by atoms with van der Waals surface area (Å²) in [5, 5.41) is 0. The van der Waals surface area contributed by atoms with Crippen molar-refractivity contribution in [1.82, 2.24) is 4.90 Å². The lowest BCUT2D eigenvalue weighted by Gasteiger charge is -2.31. The zero-order chi connectivity index (χ0) is 14.1. The van der Waals surface area contributed by atoms with Gasteiger partial charge in [-0.3, -0.25) is 9.59 Å². The van der Waals surface area contributed by atoms with E-state index in [1.54, 1.807) is 0 Å². The molecule has 20 heavy (non-hydrogen) atoms. The van der Waals surface area contributed by atoms with E-state index in [2.05, 4.69) is 0 Å². The van der Waals surface area contributed by atoms with Gasteiger partial charge in [0.2, 0.25) is 5.91 Å². The molecule has 0 spiro atoms. The zero-order valence-corrected chi connectivity index (χ0v) is 12.3. The molecule has 0 aromatic rings. The first-order chi connectivity index (χ1) is 9.72. The molecule has 0 aromatic heterocycles. The van der Waals surface area contributed by atoms with Gasteiger partial charge in [-0.05, 0) is 44.4 Å². The Morgan fingerprint density at radius 2 is 1.80 bits per heavy atom. The molecular formula is C16H25NO3. The number of carbonyl (C=O) groups excluding carboxylic acids is 2. The predicted octanol–water partition coefficient (Wildman–Crippen LogP) is 2.22. The van der Waals surface area contributed by atoms with Crippen LogP contribution in [0.1, 0.15) is 45.4 Å². The number of hydrogen-bond donors (Lipinski definition) is 0. The van der Waals surface area contributed by atoms with Crippen molar-refractivity contribution in [1.29, 1.82) is 0 Å². The van der Waals surface area contributed by atoms with Gasteiger partial charge in [-0.2, -0.15) is 0 Å². The van der Waals surface area contributed by atoms with E-state index in [1.807, 2.05) is 11.8 Å². The number of piperidine rings is 1. The summed E-state index contributed by atoms with van der Waals surface area (Å²) in [4.78, 5) is 26.4. The van der Waals surface area contributed by atoms with Crippen LogP contribution >= 0.6 is 0 Å². The highest BCUT2D eigenvalue weighted by Crippen LogP contribution is 2.56. The van der Waals surface area contributed by atoms with E-state index in [-0.39, 0.29) is 17.8 Å². The summed E-state index contributed by atoms with van der Waals surface area (Å²) < 4.78 is 5.10. The Bertz CT molecular complexity index is 383. The molecule has 0 aromatic carbocycles. The molecule has 4 heteroatoms. The number of hydrogen-bond acceptors (Lipinski definition) is 3. The second kappa shape index (κ2) is 5.74. The maximum atomic E-state index is 12.6. The Morgan fingerprint density at radius 3 is 2.45 bits per heavy atom. The Balaban J connectivity index is 1.57. The molecule has 2 unspecified atom stereocenters. The van der Waals surface area contributed by atoms with Crippen LogP contribution in [0.3, 0.4) is 0 Å². The van der Waals surface area contributed by atoms with Gasteiger partial charge in [0.25, 0.3) is 0 Å². The topological polar surface area (TPSA) is 46.6 Å². The molecule has 2 aliphatic carbocycles. The van der Waals surface area contributed by atoms with Crippen LogP contribution in [-0.2, 0) is 14.3 Å². The molecule has 0 bridgehead atoms. The third kappa shape index (κ3) is 2.57. The lowest BCUT2D eigenvalue weighted by molar-refractivity contribution is -0.151. The third-order valence-corrected chi connectivity index (χ3v) is 5.29. The highest BCUT2D eigenvalue weighted by Gasteiger charge is 2.56. The van der Waals surface area contributed by atoms with Gasteiger partial charge in [-0.15, -0.1) is 0 Å². The van der Waals surface area contributed by atoms with Crippen LogP contribution in [0.2, 0.25) is 0 Å². The number of carbonyl (C=O) groups is 2. The quantitative estimate of drug-likeness (QED) is 0.744. The minimum absolute atomic E-state index is 0.103. The lowest BCUT2D eigenvalue weighted by Crippen LogP contribution is -2.43. The minimum atomic E-state index is -0.127. The fraction of sp³-hybridized carbons (Fsp3) is 0.875. The maximum absolute atomic E-state index is 12.6. The van der Waals surface area contributed by atoms with E-state index in [0.717, 1.165) is 19.4 Å². The molecule has 1 aliphatic heterocycles. The molecule has 3 rings (SSSR count). The van der Waals surface area contributed by atoms with E-state index >= 15 is 0 Å². The van der Waals surface area contributed by atoms with Gasteiger partial charge < -0.3 is 9.64 Å². The van der Waals surface area contributed by atoms with Crippen LogP contribution in [0.15, 0.2) is 0 Å². The molecule has 3 fully saturated rings. The molecule has 1 saturated heterocycles. The summed E-state index contributed by atoms with van der Waals surface area (Å²) in [6.45, 7) is 3.66. The number of rotatable bonds is 3. The molecule has 0 radical (unpaired) electrons.